The van der Waals surface area contributed by atoms with E-state index >= 15 is 8.78 Å². The Morgan fingerprint density at radius 2 is 0.500 bits per heavy atom. The van der Waals surface area contributed by atoms with E-state index in [0.29, 0.717) is 33.4 Å². The lowest BCUT2D eigenvalue weighted by molar-refractivity contribution is 0.418. The highest BCUT2D eigenvalue weighted by Crippen LogP contribution is 2.52. The predicted molar refractivity (Wildman–Crippen MR) is 146 cm³/mol. The van der Waals surface area contributed by atoms with Gasteiger partial charge in [0.15, 0.2) is 23.3 Å². The molecule has 0 radical (unpaired) electrons. The molecule has 0 saturated carbocycles. The van der Waals surface area contributed by atoms with Gasteiger partial charge in [0.2, 0.25) is 0 Å². The van der Waals surface area contributed by atoms with Gasteiger partial charge in [0.1, 0.15) is 0 Å². The molecular formula is C34H20F4. The summed E-state index contributed by atoms with van der Waals surface area (Å²) in [4.78, 5) is 0. The molecule has 0 aliphatic rings. The van der Waals surface area contributed by atoms with Gasteiger partial charge in [0.05, 0.1) is 0 Å². The molecule has 0 amide bonds. The number of rotatable bonds is 4. The molecule has 0 N–H and O–H groups in total. The summed E-state index contributed by atoms with van der Waals surface area (Å²) in [5, 5.41) is -0.602. The first kappa shape index (κ1) is 23.7. The van der Waals surface area contributed by atoms with Crippen LogP contribution in [0.4, 0.5) is 17.6 Å². The first-order valence-corrected chi connectivity index (χ1v) is 12.1. The zero-order valence-corrected chi connectivity index (χ0v) is 20.1. The molecular weight excluding hydrogens is 484 g/mol. The summed E-state index contributed by atoms with van der Waals surface area (Å²) in [7, 11) is 0. The predicted octanol–water partition coefficient (Wildman–Crippen LogP) is 10.1. The molecule has 0 aromatic heterocycles. The van der Waals surface area contributed by atoms with Crippen molar-refractivity contribution in [3.8, 4) is 44.5 Å². The van der Waals surface area contributed by atoms with Crippen molar-refractivity contribution in [3.05, 3.63) is 145 Å². The van der Waals surface area contributed by atoms with Crippen LogP contribution in [0.15, 0.2) is 121 Å². The molecule has 184 valence electrons. The van der Waals surface area contributed by atoms with Crippen LogP contribution < -0.4 is 0 Å². The lowest BCUT2D eigenvalue weighted by atomic mass is 9.78. The minimum absolute atomic E-state index is 0.292. The maximum atomic E-state index is 15.9. The smallest absolute Gasteiger partial charge is 0.198 e. The Labute approximate surface area is 217 Å². The van der Waals surface area contributed by atoms with Crippen LogP contribution in [0.5, 0.6) is 0 Å². The molecule has 6 aromatic carbocycles. The zero-order valence-electron chi connectivity index (χ0n) is 20.1. The third-order valence-electron chi connectivity index (χ3n) is 6.77. The normalized spacial score (nSPS) is 11.2. The van der Waals surface area contributed by atoms with Crippen LogP contribution in [0, 0.1) is 23.3 Å². The summed E-state index contributed by atoms with van der Waals surface area (Å²) in [6.45, 7) is 0. The fourth-order valence-corrected chi connectivity index (χ4v) is 5.18. The van der Waals surface area contributed by atoms with Crippen molar-refractivity contribution in [2.75, 3.05) is 0 Å². The van der Waals surface area contributed by atoms with Crippen LogP contribution >= 0.6 is 0 Å². The first-order chi connectivity index (χ1) is 18.6. The van der Waals surface area contributed by atoms with Crippen molar-refractivity contribution in [3.63, 3.8) is 0 Å². The van der Waals surface area contributed by atoms with Crippen molar-refractivity contribution in [2.45, 2.75) is 0 Å². The molecule has 0 atom stereocenters. The maximum Gasteiger partial charge on any atom is 0.198 e. The summed E-state index contributed by atoms with van der Waals surface area (Å²) in [5.41, 5.74) is 4.34. The minimum Gasteiger partial charge on any atom is -0.203 e. The van der Waals surface area contributed by atoms with E-state index in [4.69, 9.17) is 0 Å². The monoisotopic (exact) mass is 504 g/mol. The van der Waals surface area contributed by atoms with Crippen LogP contribution in [-0.4, -0.2) is 0 Å². The summed E-state index contributed by atoms with van der Waals surface area (Å²) in [6.07, 6.45) is 0. The van der Waals surface area contributed by atoms with Gasteiger partial charge < -0.3 is 0 Å². The molecule has 0 nitrogen and oxygen atoms in total. The highest BCUT2D eigenvalue weighted by Gasteiger charge is 2.31. The minimum atomic E-state index is -1.84. The Bertz CT molecular complexity index is 1630. The fraction of sp³-hybridized carbons (Fsp3) is 0. The van der Waals surface area contributed by atoms with Crippen molar-refractivity contribution in [2.24, 2.45) is 0 Å². The zero-order chi connectivity index (χ0) is 26.2. The molecule has 0 bridgehead atoms. The molecule has 6 aromatic rings. The molecule has 6 rings (SSSR count). The second-order valence-electron chi connectivity index (χ2n) is 8.97. The topological polar surface area (TPSA) is 0 Å². The third-order valence-corrected chi connectivity index (χ3v) is 6.77. The summed E-state index contributed by atoms with van der Waals surface area (Å²) < 4.78 is 61.7. The lowest BCUT2D eigenvalue weighted by Crippen LogP contribution is -2.05. The standard InChI is InChI=1S/C34H20F4/c35-31-29-27(23-17-9-3-10-18-23)25(21-13-5-1-6-14-21)26(22-15-7-2-8-16-22)28(24-19-11-4-12-20-24)30(29)32(36)34(38)33(31)37/h1-20H. The second kappa shape index (κ2) is 9.64. The summed E-state index contributed by atoms with van der Waals surface area (Å²) in [6, 6.07) is 36.4. The molecule has 0 heterocycles. The molecule has 0 aliphatic heterocycles. The van der Waals surface area contributed by atoms with Gasteiger partial charge in [-0.2, -0.15) is 0 Å². The van der Waals surface area contributed by atoms with Gasteiger partial charge in [-0.15, -0.1) is 0 Å². The molecule has 0 unspecified atom stereocenters. The van der Waals surface area contributed by atoms with Crippen LogP contribution in [-0.2, 0) is 0 Å². The van der Waals surface area contributed by atoms with E-state index in [1.54, 1.807) is 48.5 Å². The fourth-order valence-electron chi connectivity index (χ4n) is 5.18. The van der Waals surface area contributed by atoms with Crippen molar-refractivity contribution < 1.29 is 17.6 Å². The van der Waals surface area contributed by atoms with Crippen LogP contribution in [0.2, 0.25) is 0 Å². The SMILES string of the molecule is Fc1c(F)c(F)c2c(-c3ccccc3)c(-c3ccccc3)c(-c3ccccc3)c(-c3ccccc3)c2c1F. The van der Waals surface area contributed by atoms with E-state index in [0.717, 1.165) is 11.1 Å². The Balaban J connectivity index is 2.00. The lowest BCUT2D eigenvalue weighted by Gasteiger charge is -2.25. The second-order valence-corrected chi connectivity index (χ2v) is 8.97. The first-order valence-electron chi connectivity index (χ1n) is 12.1. The quantitative estimate of drug-likeness (QED) is 0.127. The molecule has 0 aliphatic carbocycles. The molecule has 0 saturated heterocycles. The van der Waals surface area contributed by atoms with Gasteiger partial charge in [0.25, 0.3) is 0 Å². The van der Waals surface area contributed by atoms with Gasteiger partial charge in [0, 0.05) is 21.9 Å². The van der Waals surface area contributed by atoms with E-state index in [1.807, 2.05) is 72.8 Å². The Morgan fingerprint density at radius 1 is 0.263 bits per heavy atom. The van der Waals surface area contributed by atoms with Gasteiger partial charge in [-0.05, 0) is 33.4 Å². The average Bonchev–Trinajstić information content (AvgIpc) is 2.99. The van der Waals surface area contributed by atoms with Gasteiger partial charge in [-0.3, -0.25) is 0 Å². The Kier molecular flexibility index (Phi) is 6.01. The molecule has 38 heavy (non-hydrogen) atoms. The molecule has 4 heteroatoms. The van der Waals surface area contributed by atoms with Crippen LogP contribution in [0.25, 0.3) is 55.3 Å². The number of benzene rings is 6. The third kappa shape index (κ3) is 3.77. The van der Waals surface area contributed by atoms with Crippen LogP contribution in [0.1, 0.15) is 0 Å². The average molecular weight is 505 g/mol. The number of hydrogen-bond acceptors (Lipinski definition) is 0. The summed E-state index contributed by atoms with van der Waals surface area (Å²) >= 11 is 0. The number of halogens is 4. The van der Waals surface area contributed by atoms with Gasteiger partial charge >= 0.3 is 0 Å². The van der Waals surface area contributed by atoms with Gasteiger partial charge in [-0.25, -0.2) is 17.6 Å². The largest absolute Gasteiger partial charge is 0.203 e. The highest BCUT2D eigenvalue weighted by atomic mass is 19.2. The van der Waals surface area contributed by atoms with E-state index < -0.39 is 23.3 Å². The summed E-state index contributed by atoms with van der Waals surface area (Å²) in [5.74, 6) is -6.52. The number of fused-ring (bicyclic) bond motifs is 1. The molecule has 0 spiro atoms. The van der Waals surface area contributed by atoms with Crippen molar-refractivity contribution in [1.82, 2.24) is 0 Å². The Morgan fingerprint density at radius 3 is 0.763 bits per heavy atom. The van der Waals surface area contributed by atoms with E-state index in [2.05, 4.69) is 0 Å². The maximum absolute atomic E-state index is 15.9. The highest BCUT2D eigenvalue weighted by molar-refractivity contribution is 6.18. The van der Waals surface area contributed by atoms with Crippen molar-refractivity contribution >= 4 is 10.8 Å². The van der Waals surface area contributed by atoms with Gasteiger partial charge in [-0.1, -0.05) is 121 Å². The molecule has 0 fully saturated rings. The van der Waals surface area contributed by atoms with E-state index in [9.17, 15) is 8.78 Å². The van der Waals surface area contributed by atoms with Crippen LogP contribution in [0.3, 0.4) is 0 Å². The van der Waals surface area contributed by atoms with E-state index in [-0.39, 0.29) is 10.8 Å². The number of hydrogen-bond donors (Lipinski definition) is 0. The van der Waals surface area contributed by atoms with E-state index in [1.165, 1.54) is 0 Å². The van der Waals surface area contributed by atoms with Crippen molar-refractivity contribution in [1.29, 1.82) is 0 Å². The Hall–Kier alpha value is -4.70.